The zero-order valence-electron chi connectivity index (χ0n) is 9.27. The van der Waals surface area contributed by atoms with Gasteiger partial charge in [0.25, 0.3) is 0 Å². The lowest BCUT2D eigenvalue weighted by atomic mass is 10.1. The summed E-state index contributed by atoms with van der Waals surface area (Å²) in [6, 6.07) is 8.41. The Morgan fingerprint density at radius 3 is 3.12 bits per heavy atom. The smallest absolute Gasteiger partial charge is 0.220 e. The van der Waals surface area contributed by atoms with Crippen LogP contribution in [0.1, 0.15) is 12.8 Å². The van der Waals surface area contributed by atoms with Crippen molar-refractivity contribution < 1.29 is 4.79 Å². The van der Waals surface area contributed by atoms with E-state index in [-0.39, 0.29) is 5.91 Å². The Bertz CT molecular complexity index is 541. The van der Waals surface area contributed by atoms with Crippen LogP contribution >= 0.6 is 11.5 Å². The van der Waals surface area contributed by atoms with Crippen LogP contribution in [0.2, 0.25) is 0 Å². The van der Waals surface area contributed by atoms with Gasteiger partial charge in [0, 0.05) is 24.4 Å². The van der Waals surface area contributed by atoms with Crippen LogP contribution in [0.15, 0.2) is 24.3 Å². The molecule has 3 rings (SSSR count). The molecule has 17 heavy (non-hydrogen) atoms. The molecule has 1 aromatic heterocycles. The number of anilines is 1. The molecule has 88 valence electrons. The van der Waals surface area contributed by atoms with E-state index in [2.05, 4.69) is 21.1 Å². The number of benzene rings is 1. The zero-order valence-corrected chi connectivity index (χ0v) is 10.1. The number of nitrogens with one attached hydrogen (secondary N) is 2. The Labute approximate surface area is 103 Å². The van der Waals surface area contributed by atoms with Gasteiger partial charge in [-0.05, 0) is 30.1 Å². The van der Waals surface area contributed by atoms with Crippen LogP contribution in [-0.4, -0.2) is 22.9 Å². The lowest BCUT2D eigenvalue weighted by Gasteiger charge is -2.23. The summed E-state index contributed by atoms with van der Waals surface area (Å²) < 4.78 is 4.39. The van der Waals surface area contributed by atoms with Crippen LogP contribution in [0.25, 0.3) is 10.9 Å². The van der Waals surface area contributed by atoms with Gasteiger partial charge in [-0.2, -0.15) is 4.37 Å². The maximum atomic E-state index is 11.1. The number of rotatable bonds is 2. The molecule has 0 aliphatic carbocycles. The summed E-state index contributed by atoms with van der Waals surface area (Å²) in [6.45, 7) is 0.699. The number of hydrogen-bond donors (Lipinski definition) is 2. The van der Waals surface area contributed by atoms with Crippen molar-refractivity contribution in [3.63, 3.8) is 0 Å². The average molecular weight is 247 g/mol. The Balaban J connectivity index is 1.78. The number of hydrogen-bond acceptors (Lipinski definition) is 4. The van der Waals surface area contributed by atoms with E-state index in [1.165, 1.54) is 11.5 Å². The standard InChI is InChI=1S/C12H13N3OS/c16-11-6-5-8(7-13-11)14-12-9-3-1-2-4-10(9)15-17-12/h1-4,8,14H,5-7H2,(H,13,16). The van der Waals surface area contributed by atoms with E-state index in [1.54, 1.807) is 0 Å². The van der Waals surface area contributed by atoms with Gasteiger partial charge >= 0.3 is 0 Å². The fourth-order valence-corrected chi connectivity index (χ4v) is 2.87. The average Bonchev–Trinajstić information content (AvgIpc) is 2.76. The molecular weight excluding hydrogens is 234 g/mol. The second kappa shape index (κ2) is 4.33. The van der Waals surface area contributed by atoms with Gasteiger partial charge in [-0.25, -0.2) is 0 Å². The molecule has 1 aliphatic rings. The first-order chi connectivity index (χ1) is 8.33. The highest BCUT2D eigenvalue weighted by atomic mass is 32.1. The molecule has 5 heteroatoms. The quantitative estimate of drug-likeness (QED) is 0.853. The van der Waals surface area contributed by atoms with Crippen molar-refractivity contribution in [2.45, 2.75) is 18.9 Å². The van der Waals surface area contributed by atoms with Crippen molar-refractivity contribution in [3.8, 4) is 0 Å². The van der Waals surface area contributed by atoms with Crippen LogP contribution in [0.5, 0.6) is 0 Å². The molecule has 1 saturated heterocycles. The summed E-state index contributed by atoms with van der Waals surface area (Å²) in [4.78, 5) is 11.1. The minimum atomic E-state index is 0.150. The van der Waals surface area contributed by atoms with E-state index in [0.29, 0.717) is 19.0 Å². The summed E-state index contributed by atoms with van der Waals surface area (Å²) in [5, 5.41) is 8.60. The van der Waals surface area contributed by atoms with Crippen LogP contribution in [0.3, 0.4) is 0 Å². The van der Waals surface area contributed by atoms with E-state index >= 15 is 0 Å². The zero-order chi connectivity index (χ0) is 11.7. The second-order valence-electron chi connectivity index (χ2n) is 4.21. The normalized spacial score (nSPS) is 20.2. The van der Waals surface area contributed by atoms with E-state index in [1.807, 2.05) is 18.2 Å². The molecular formula is C12H13N3OS. The molecule has 1 atom stereocenters. The second-order valence-corrected chi connectivity index (χ2v) is 4.99. The molecule has 1 unspecified atom stereocenters. The molecule has 1 aromatic carbocycles. The Hall–Kier alpha value is -1.62. The van der Waals surface area contributed by atoms with Crippen molar-refractivity contribution in [2.75, 3.05) is 11.9 Å². The molecule has 1 aliphatic heterocycles. The fraction of sp³-hybridized carbons (Fsp3) is 0.333. The van der Waals surface area contributed by atoms with Crippen molar-refractivity contribution in [2.24, 2.45) is 0 Å². The van der Waals surface area contributed by atoms with Crippen LogP contribution in [-0.2, 0) is 4.79 Å². The molecule has 2 heterocycles. The number of aromatic nitrogens is 1. The maximum Gasteiger partial charge on any atom is 0.220 e. The maximum absolute atomic E-state index is 11.1. The van der Waals surface area contributed by atoms with Gasteiger partial charge in [-0.15, -0.1) is 0 Å². The Kier molecular flexibility index (Phi) is 2.68. The number of amides is 1. The lowest BCUT2D eigenvalue weighted by Crippen LogP contribution is -2.41. The van der Waals surface area contributed by atoms with E-state index < -0.39 is 0 Å². The van der Waals surface area contributed by atoms with E-state index in [9.17, 15) is 4.79 Å². The number of carbonyl (C=O) groups is 1. The van der Waals surface area contributed by atoms with Crippen molar-refractivity contribution in [1.82, 2.24) is 9.69 Å². The van der Waals surface area contributed by atoms with Gasteiger partial charge in [0.2, 0.25) is 5.91 Å². The number of nitrogens with zero attached hydrogens (tertiary/aromatic N) is 1. The third kappa shape index (κ3) is 2.10. The van der Waals surface area contributed by atoms with Crippen molar-refractivity contribution >= 4 is 33.3 Å². The largest absolute Gasteiger partial charge is 0.371 e. The van der Waals surface area contributed by atoms with Gasteiger partial charge in [-0.1, -0.05) is 12.1 Å². The van der Waals surface area contributed by atoms with Gasteiger partial charge in [0.15, 0.2) is 0 Å². The summed E-state index contributed by atoms with van der Waals surface area (Å²) in [7, 11) is 0. The molecule has 4 nitrogen and oxygen atoms in total. The predicted molar refractivity (Wildman–Crippen MR) is 69.3 cm³/mol. The molecule has 0 radical (unpaired) electrons. The first-order valence-corrected chi connectivity index (χ1v) is 6.48. The summed E-state index contributed by atoms with van der Waals surface area (Å²) in [5.41, 5.74) is 1.03. The number of piperidine rings is 1. The number of fused-ring (bicyclic) bond motifs is 1. The molecule has 2 N–H and O–H groups in total. The van der Waals surface area contributed by atoms with Crippen molar-refractivity contribution in [3.05, 3.63) is 24.3 Å². The number of carbonyl (C=O) groups excluding carboxylic acids is 1. The molecule has 1 amide bonds. The highest BCUT2D eigenvalue weighted by Crippen LogP contribution is 2.28. The molecule has 1 fully saturated rings. The minimum absolute atomic E-state index is 0.150. The van der Waals surface area contributed by atoms with Crippen LogP contribution < -0.4 is 10.6 Å². The molecule has 0 saturated carbocycles. The van der Waals surface area contributed by atoms with Gasteiger partial charge in [0.1, 0.15) is 5.00 Å². The first-order valence-electron chi connectivity index (χ1n) is 5.70. The van der Waals surface area contributed by atoms with E-state index in [4.69, 9.17) is 0 Å². The highest BCUT2D eigenvalue weighted by Gasteiger charge is 2.18. The summed E-state index contributed by atoms with van der Waals surface area (Å²) in [5.74, 6) is 0.150. The summed E-state index contributed by atoms with van der Waals surface area (Å²) in [6.07, 6.45) is 1.49. The minimum Gasteiger partial charge on any atom is -0.371 e. The van der Waals surface area contributed by atoms with Crippen molar-refractivity contribution in [1.29, 1.82) is 0 Å². The van der Waals surface area contributed by atoms with Gasteiger partial charge < -0.3 is 10.6 Å². The topological polar surface area (TPSA) is 54.0 Å². The highest BCUT2D eigenvalue weighted by molar-refractivity contribution is 7.11. The first kappa shape index (κ1) is 10.5. The Morgan fingerprint density at radius 2 is 2.29 bits per heavy atom. The van der Waals surface area contributed by atoms with Crippen LogP contribution in [0.4, 0.5) is 5.00 Å². The molecule has 0 spiro atoms. The third-order valence-corrected chi connectivity index (χ3v) is 3.79. The Morgan fingerprint density at radius 1 is 1.41 bits per heavy atom. The predicted octanol–water partition coefficient (Wildman–Crippen LogP) is 1.99. The third-order valence-electron chi connectivity index (χ3n) is 2.98. The van der Waals surface area contributed by atoms with Gasteiger partial charge in [-0.3, -0.25) is 4.79 Å². The van der Waals surface area contributed by atoms with E-state index in [0.717, 1.165) is 22.3 Å². The fourth-order valence-electron chi connectivity index (χ4n) is 2.03. The molecule has 2 aromatic rings. The van der Waals surface area contributed by atoms with Gasteiger partial charge in [0.05, 0.1) is 5.52 Å². The van der Waals surface area contributed by atoms with Crippen LogP contribution in [0, 0.1) is 0 Å². The monoisotopic (exact) mass is 247 g/mol. The molecule has 0 bridgehead atoms. The SMILES string of the molecule is O=C1CCC(Nc2snc3ccccc23)CN1. The lowest BCUT2D eigenvalue weighted by molar-refractivity contribution is -0.122. The summed E-state index contributed by atoms with van der Waals surface area (Å²) >= 11 is 1.48.